The first-order valence-electron chi connectivity index (χ1n) is 9.17. The molecule has 0 spiro atoms. The summed E-state index contributed by atoms with van der Waals surface area (Å²) in [6.45, 7) is 0. The van der Waals surface area contributed by atoms with Gasteiger partial charge in [-0.15, -0.1) is 0 Å². The number of para-hydroxylation sites is 1. The highest BCUT2D eigenvalue weighted by Gasteiger charge is 2.15. The van der Waals surface area contributed by atoms with Crippen LogP contribution in [0.4, 0.5) is 11.4 Å². The molecule has 2 aromatic heterocycles. The van der Waals surface area contributed by atoms with Crippen LogP contribution in [0.3, 0.4) is 0 Å². The van der Waals surface area contributed by atoms with E-state index in [4.69, 9.17) is 25.8 Å². The molecule has 0 aliphatic heterocycles. The first-order chi connectivity index (χ1) is 15.0. The zero-order valence-electron chi connectivity index (χ0n) is 16.3. The number of benzene rings is 2. The predicted octanol–water partition coefficient (Wildman–Crippen LogP) is 4.41. The molecule has 2 amide bonds. The maximum absolute atomic E-state index is 12.5. The van der Waals surface area contributed by atoms with Gasteiger partial charge in [-0.1, -0.05) is 18.2 Å². The third-order valence-corrected chi connectivity index (χ3v) is 4.53. The molecule has 0 unspecified atom stereocenters. The fourth-order valence-corrected chi connectivity index (χ4v) is 3.10. The smallest absolute Gasteiger partial charge is 0.293 e. The highest BCUT2D eigenvalue weighted by Crippen LogP contribution is 2.28. The van der Waals surface area contributed by atoms with Crippen LogP contribution in [-0.4, -0.2) is 24.0 Å². The molecule has 0 radical (unpaired) electrons. The van der Waals surface area contributed by atoms with E-state index in [1.54, 1.807) is 42.5 Å². The van der Waals surface area contributed by atoms with Gasteiger partial charge in [0.2, 0.25) is 0 Å². The van der Waals surface area contributed by atoms with E-state index in [2.05, 4.69) is 16.0 Å². The summed E-state index contributed by atoms with van der Waals surface area (Å²) >= 11 is 5.25. The number of rotatable bonds is 5. The molecular formula is C22H17N3O5S. The Labute approximate surface area is 182 Å². The quantitative estimate of drug-likeness (QED) is 0.399. The molecule has 4 rings (SSSR count). The molecule has 0 aliphatic carbocycles. The maximum atomic E-state index is 12.5. The van der Waals surface area contributed by atoms with Gasteiger partial charge in [-0.2, -0.15) is 0 Å². The van der Waals surface area contributed by atoms with Crippen LogP contribution >= 0.6 is 12.2 Å². The summed E-state index contributed by atoms with van der Waals surface area (Å²) in [7, 11) is 1.50. The molecule has 2 aromatic carbocycles. The molecule has 0 fully saturated rings. The lowest BCUT2D eigenvalue weighted by atomic mass is 10.2. The van der Waals surface area contributed by atoms with E-state index in [9.17, 15) is 9.59 Å². The van der Waals surface area contributed by atoms with Crippen LogP contribution in [0.25, 0.3) is 11.0 Å². The number of methoxy groups -OCH3 is 1. The largest absolute Gasteiger partial charge is 0.495 e. The lowest BCUT2D eigenvalue weighted by Crippen LogP contribution is -2.34. The number of thiocarbonyl (C=S) groups is 1. The Balaban J connectivity index is 1.46. The molecule has 8 nitrogen and oxygen atoms in total. The van der Waals surface area contributed by atoms with Crippen molar-refractivity contribution in [2.24, 2.45) is 0 Å². The van der Waals surface area contributed by atoms with E-state index in [0.29, 0.717) is 22.7 Å². The van der Waals surface area contributed by atoms with Gasteiger partial charge in [0.1, 0.15) is 11.3 Å². The van der Waals surface area contributed by atoms with E-state index in [-0.39, 0.29) is 16.6 Å². The van der Waals surface area contributed by atoms with Gasteiger partial charge in [0, 0.05) is 11.1 Å². The Morgan fingerprint density at radius 2 is 1.77 bits per heavy atom. The van der Waals surface area contributed by atoms with Crippen molar-refractivity contribution in [3.63, 3.8) is 0 Å². The zero-order chi connectivity index (χ0) is 21.8. The van der Waals surface area contributed by atoms with Crippen molar-refractivity contribution in [2.75, 3.05) is 17.7 Å². The number of anilines is 2. The molecular weight excluding hydrogens is 418 g/mol. The lowest BCUT2D eigenvalue weighted by Gasteiger charge is -2.14. The van der Waals surface area contributed by atoms with Crippen molar-refractivity contribution >= 4 is 51.5 Å². The second kappa shape index (κ2) is 8.72. The second-order valence-corrected chi connectivity index (χ2v) is 6.81. The number of hydrogen-bond acceptors (Lipinski definition) is 6. The molecule has 0 saturated carbocycles. The lowest BCUT2D eigenvalue weighted by molar-refractivity contribution is 0.0951. The van der Waals surface area contributed by atoms with E-state index in [1.165, 1.54) is 13.4 Å². The van der Waals surface area contributed by atoms with E-state index < -0.39 is 11.8 Å². The van der Waals surface area contributed by atoms with Crippen molar-refractivity contribution in [1.82, 2.24) is 5.32 Å². The molecule has 156 valence electrons. The standard InChI is InChI=1S/C22H17N3O5S/c1-28-17-9-8-14(23-20(26)18-7-4-10-29-18)12-15(17)24-22(31)25-21(27)19-11-13-5-2-3-6-16(13)30-19/h2-12H,1H3,(H,23,26)(H2,24,25,27,31). The van der Waals surface area contributed by atoms with Gasteiger partial charge in [-0.3, -0.25) is 14.9 Å². The van der Waals surface area contributed by atoms with Crippen LogP contribution in [0.2, 0.25) is 0 Å². The number of nitrogens with one attached hydrogen (secondary N) is 3. The van der Waals surface area contributed by atoms with Crippen LogP contribution in [0.1, 0.15) is 21.1 Å². The molecule has 4 aromatic rings. The van der Waals surface area contributed by atoms with E-state index in [1.807, 2.05) is 18.2 Å². The van der Waals surface area contributed by atoms with Gasteiger partial charge < -0.3 is 24.2 Å². The minimum atomic E-state index is -0.491. The highest BCUT2D eigenvalue weighted by molar-refractivity contribution is 7.80. The minimum Gasteiger partial charge on any atom is -0.495 e. The summed E-state index contributed by atoms with van der Waals surface area (Å²) in [4.78, 5) is 24.7. The van der Waals surface area contributed by atoms with Crippen LogP contribution < -0.4 is 20.7 Å². The van der Waals surface area contributed by atoms with E-state index >= 15 is 0 Å². The van der Waals surface area contributed by atoms with Crippen molar-refractivity contribution < 1.29 is 23.2 Å². The minimum absolute atomic E-state index is 0.0401. The average Bonchev–Trinajstić information content (AvgIpc) is 3.44. The predicted molar refractivity (Wildman–Crippen MR) is 120 cm³/mol. The van der Waals surface area contributed by atoms with Crippen LogP contribution in [0.15, 0.2) is 75.8 Å². The van der Waals surface area contributed by atoms with Crippen LogP contribution in [0.5, 0.6) is 5.75 Å². The topological polar surface area (TPSA) is 106 Å². The zero-order valence-corrected chi connectivity index (χ0v) is 17.1. The fourth-order valence-electron chi connectivity index (χ4n) is 2.90. The number of carbonyl (C=O) groups excluding carboxylic acids is 2. The molecule has 0 saturated heterocycles. The molecule has 0 atom stereocenters. The summed E-state index contributed by atoms with van der Waals surface area (Å²) in [5, 5.41) is 9.04. The fraction of sp³-hybridized carbons (Fsp3) is 0.0455. The SMILES string of the molecule is COc1ccc(NC(=O)c2ccco2)cc1NC(=S)NC(=O)c1cc2ccccc2o1. The molecule has 2 heterocycles. The number of fused-ring (bicyclic) bond motifs is 1. The number of hydrogen-bond donors (Lipinski definition) is 3. The van der Waals surface area contributed by atoms with Crippen molar-refractivity contribution in [2.45, 2.75) is 0 Å². The summed E-state index contributed by atoms with van der Waals surface area (Å²) in [6, 6.07) is 17.1. The second-order valence-electron chi connectivity index (χ2n) is 6.40. The third kappa shape index (κ3) is 4.57. The number of ether oxygens (including phenoxy) is 1. The van der Waals surface area contributed by atoms with Gasteiger partial charge in [0.15, 0.2) is 16.6 Å². The first-order valence-corrected chi connectivity index (χ1v) is 9.58. The van der Waals surface area contributed by atoms with E-state index in [0.717, 1.165) is 5.39 Å². The van der Waals surface area contributed by atoms with Crippen LogP contribution in [0, 0.1) is 0 Å². The Bertz CT molecular complexity index is 1230. The number of furan rings is 2. The van der Waals surface area contributed by atoms with Gasteiger partial charge in [0.25, 0.3) is 11.8 Å². The average molecular weight is 435 g/mol. The van der Waals surface area contributed by atoms with Crippen molar-refractivity contribution in [1.29, 1.82) is 0 Å². The molecule has 3 N–H and O–H groups in total. The summed E-state index contributed by atoms with van der Waals surface area (Å²) in [5.41, 5.74) is 1.54. The third-order valence-electron chi connectivity index (χ3n) is 4.33. The number of carbonyl (C=O) groups is 2. The Morgan fingerprint density at radius 3 is 2.52 bits per heavy atom. The molecule has 31 heavy (non-hydrogen) atoms. The van der Waals surface area contributed by atoms with Crippen molar-refractivity contribution in [3.8, 4) is 5.75 Å². The van der Waals surface area contributed by atoms with Gasteiger partial charge in [-0.25, -0.2) is 0 Å². The summed E-state index contributed by atoms with van der Waals surface area (Å²) < 4.78 is 16.0. The van der Waals surface area contributed by atoms with Crippen LogP contribution in [-0.2, 0) is 0 Å². The summed E-state index contributed by atoms with van der Waals surface area (Å²) in [5.74, 6) is -0.108. The van der Waals surface area contributed by atoms with Gasteiger partial charge >= 0.3 is 0 Å². The number of amides is 2. The van der Waals surface area contributed by atoms with Crippen molar-refractivity contribution in [3.05, 3.63) is 78.4 Å². The van der Waals surface area contributed by atoms with Gasteiger partial charge in [0.05, 0.1) is 19.1 Å². The highest BCUT2D eigenvalue weighted by atomic mass is 32.1. The Morgan fingerprint density at radius 1 is 0.935 bits per heavy atom. The molecule has 0 aliphatic rings. The molecule has 0 bridgehead atoms. The maximum Gasteiger partial charge on any atom is 0.293 e. The molecule has 9 heteroatoms. The Hall–Kier alpha value is -4.11. The monoisotopic (exact) mass is 435 g/mol. The Kier molecular flexibility index (Phi) is 5.67. The summed E-state index contributed by atoms with van der Waals surface area (Å²) in [6.07, 6.45) is 1.42. The normalized spacial score (nSPS) is 10.5. The first kappa shape index (κ1) is 20.2. The van der Waals surface area contributed by atoms with Gasteiger partial charge in [-0.05, 0) is 54.7 Å².